The van der Waals surface area contributed by atoms with Gasteiger partial charge in [0.1, 0.15) is 11.8 Å². The van der Waals surface area contributed by atoms with Gasteiger partial charge in [0.2, 0.25) is 0 Å². The van der Waals surface area contributed by atoms with Crippen molar-refractivity contribution in [2.24, 2.45) is 10.2 Å². The number of aliphatic hydroxyl groups is 1. The van der Waals surface area contributed by atoms with Gasteiger partial charge in [-0.15, -0.1) is 5.10 Å². The lowest BCUT2D eigenvalue weighted by molar-refractivity contribution is -0.113. The number of aliphatic hydroxyl groups excluding tert-OH is 1. The lowest BCUT2D eigenvalue weighted by atomic mass is 9.93. The van der Waals surface area contributed by atoms with E-state index in [-0.39, 0.29) is 11.5 Å². The number of carbonyl (C=O) groups excluding carboxylic acids is 1. The maximum absolute atomic E-state index is 11.9. The number of nitrogens with zero attached hydrogens (tertiary/aromatic N) is 4. The molecule has 6 heteroatoms. The van der Waals surface area contributed by atoms with Gasteiger partial charge in [0.05, 0.1) is 18.1 Å². The number of rotatable bonds is 2. The van der Waals surface area contributed by atoms with Crippen LogP contribution in [-0.4, -0.2) is 34.4 Å². The van der Waals surface area contributed by atoms with Gasteiger partial charge >= 0.3 is 0 Å². The third-order valence-corrected chi connectivity index (χ3v) is 2.36. The number of hydrogen-bond acceptors (Lipinski definition) is 6. The molecule has 0 aliphatic carbocycles. The van der Waals surface area contributed by atoms with Gasteiger partial charge in [0, 0.05) is 18.6 Å². The molecular weight excluding hydrogens is 220 g/mol. The van der Waals surface area contributed by atoms with Crippen LogP contribution in [0, 0.1) is 11.3 Å². The van der Waals surface area contributed by atoms with Crippen LogP contribution in [0.1, 0.15) is 17.0 Å². The maximum atomic E-state index is 11.9. The summed E-state index contributed by atoms with van der Waals surface area (Å²) in [5.74, 6) is -0.949. The fraction of sp³-hybridized carbons (Fsp3) is 0.182. The highest BCUT2D eigenvalue weighted by molar-refractivity contribution is 6.45. The molecule has 1 atom stereocenters. The van der Waals surface area contributed by atoms with Crippen LogP contribution in [0.2, 0.25) is 0 Å². The third kappa shape index (κ3) is 2.09. The summed E-state index contributed by atoms with van der Waals surface area (Å²) < 4.78 is 0. The maximum Gasteiger partial charge on any atom is 0.194 e. The van der Waals surface area contributed by atoms with Crippen molar-refractivity contribution in [3.05, 3.63) is 29.6 Å². The highest BCUT2D eigenvalue weighted by Gasteiger charge is 2.26. The summed E-state index contributed by atoms with van der Waals surface area (Å²) >= 11 is 0. The average molecular weight is 228 g/mol. The SMILES string of the molecule is N#Cc1cncc(C2C=NN=C(CO)C2=O)c1. The summed E-state index contributed by atoms with van der Waals surface area (Å²) in [6, 6.07) is 3.52. The van der Waals surface area contributed by atoms with Crippen molar-refractivity contribution in [1.82, 2.24) is 4.98 Å². The molecule has 17 heavy (non-hydrogen) atoms. The van der Waals surface area contributed by atoms with Crippen molar-refractivity contribution < 1.29 is 9.90 Å². The molecule has 0 amide bonds. The lowest BCUT2D eigenvalue weighted by Gasteiger charge is -2.13. The van der Waals surface area contributed by atoms with Crippen LogP contribution >= 0.6 is 0 Å². The molecule has 1 N–H and O–H groups in total. The predicted molar refractivity (Wildman–Crippen MR) is 59.7 cm³/mol. The summed E-state index contributed by atoms with van der Waals surface area (Å²) in [7, 11) is 0. The molecule has 2 heterocycles. The molecule has 0 spiro atoms. The van der Waals surface area contributed by atoms with E-state index < -0.39 is 12.5 Å². The second-order valence-electron chi connectivity index (χ2n) is 3.43. The molecule has 1 aromatic heterocycles. The Morgan fingerprint density at radius 3 is 3.00 bits per heavy atom. The Labute approximate surface area is 96.9 Å². The number of aromatic nitrogens is 1. The second kappa shape index (κ2) is 4.63. The number of Topliss-reactive ketones (excluding diaryl/α,β-unsaturated/α-hetero) is 1. The summed E-state index contributed by atoms with van der Waals surface area (Å²) in [4.78, 5) is 15.7. The van der Waals surface area contributed by atoms with Crippen LogP contribution in [0.3, 0.4) is 0 Å². The van der Waals surface area contributed by atoms with Gasteiger partial charge in [-0.3, -0.25) is 9.78 Å². The number of nitriles is 1. The molecule has 1 unspecified atom stereocenters. The van der Waals surface area contributed by atoms with Crippen molar-refractivity contribution in [2.45, 2.75) is 5.92 Å². The zero-order valence-electron chi connectivity index (χ0n) is 8.74. The number of pyridine rings is 1. The fourth-order valence-corrected chi connectivity index (χ4v) is 1.50. The number of hydrogen-bond donors (Lipinski definition) is 1. The van der Waals surface area contributed by atoms with Crippen LogP contribution in [0.25, 0.3) is 0 Å². The molecule has 0 radical (unpaired) electrons. The van der Waals surface area contributed by atoms with E-state index in [2.05, 4.69) is 15.2 Å². The molecule has 0 fully saturated rings. The highest BCUT2D eigenvalue weighted by Crippen LogP contribution is 2.18. The molecule has 84 valence electrons. The smallest absolute Gasteiger partial charge is 0.194 e. The zero-order chi connectivity index (χ0) is 12.3. The van der Waals surface area contributed by atoms with Crippen molar-refractivity contribution in [3.8, 4) is 6.07 Å². The van der Waals surface area contributed by atoms with Crippen molar-refractivity contribution in [2.75, 3.05) is 6.61 Å². The molecule has 0 bridgehead atoms. The largest absolute Gasteiger partial charge is 0.390 e. The standard InChI is InChI=1S/C11H8N4O2/c12-2-7-1-8(4-13-3-7)9-5-14-15-10(6-16)11(9)17/h1,3-5,9,16H,6H2. The summed E-state index contributed by atoms with van der Waals surface area (Å²) in [5.41, 5.74) is 0.954. The van der Waals surface area contributed by atoms with Crippen LogP contribution in [0.15, 0.2) is 28.7 Å². The van der Waals surface area contributed by atoms with E-state index in [1.807, 2.05) is 6.07 Å². The quantitative estimate of drug-likeness (QED) is 0.772. The molecule has 1 aliphatic heterocycles. The van der Waals surface area contributed by atoms with Crippen LogP contribution in [0.4, 0.5) is 0 Å². The molecule has 1 aromatic rings. The normalized spacial score (nSPS) is 18.7. The molecule has 0 aromatic carbocycles. The Morgan fingerprint density at radius 1 is 1.47 bits per heavy atom. The minimum absolute atomic E-state index is 0.0138. The topological polar surface area (TPSA) is 98.7 Å². The molecular formula is C11H8N4O2. The Kier molecular flexibility index (Phi) is 3.03. The number of ketones is 1. The Morgan fingerprint density at radius 2 is 2.29 bits per heavy atom. The van der Waals surface area contributed by atoms with Crippen molar-refractivity contribution in [3.63, 3.8) is 0 Å². The van der Waals surface area contributed by atoms with Crippen LogP contribution in [0.5, 0.6) is 0 Å². The third-order valence-electron chi connectivity index (χ3n) is 2.36. The minimum Gasteiger partial charge on any atom is -0.390 e. The van der Waals surface area contributed by atoms with Gasteiger partial charge < -0.3 is 5.11 Å². The van der Waals surface area contributed by atoms with Gasteiger partial charge in [-0.25, -0.2) is 0 Å². The highest BCUT2D eigenvalue weighted by atomic mass is 16.3. The first kappa shape index (κ1) is 11.1. The van der Waals surface area contributed by atoms with Gasteiger partial charge in [0.25, 0.3) is 0 Å². The monoisotopic (exact) mass is 228 g/mol. The second-order valence-corrected chi connectivity index (χ2v) is 3.43. The fourth-order valence-electron chi connectivity index (χ4n) is 1.50. The van der Waals surface area contributed by atoms with Gasteiger partial charge in [0.15, 0.2) is 5.78 Å². The van der Waals surface area contributed by atoms with E-state index in [0.29, 0.717) is 11.1 Å². The molecule has 6 nitrogen and oxygen atoms in total. The average Bonchev–Trinajstić information content (AvgIpc) is 2.39. The van der Waals surface area contributed by atoms with Crippen molar-refractivity contribution in [1.29, 1.82) is 5.26 Å². The van der Waals surface area contributed by atoms with Gasteiger partial charge in [-0.05, 0) is 11.6 Å². The Balaban J connectivity index is 2.36. The van der Waals surface area contributed by atoms with E-state index >= 15 is 0 Å². The van der Waals surface area contributed by atoms with Crippen LogP contribution < -0.4 is 0 Å². The summed E-state index contributed by atoms with van der Waals surface area (Å²) in [5, 5.41) is 24.9. The van der Waals surface area contributed by atoms with Gasteiger partial charge in [-0.1, -0.05) is 0 Å². The molecule has 2 rings (SSSR count). The summed E-state index contributed by atoms with van der Waals surface area (Å²) in [6.45, 7) is -0.446. The molecule has 0 saturated carbocycles. The first-order valence-corrected chi connectivity index (χ1v) is 4.86. The van der Waals surface area contributed by atoms with E-state index in [1.54, 1.807) is 6.07 Å². The molecule has 1 aliphatic rings. The van der Waals surface area contributed by atoms with E-state index in [1.165, 1.54) is 18.6 Å². The van der Waals surface area contributed by atoms with Crippen LogP contribution in [-0.2, 0) is 4.79 Å². The van der Waals surface area contributed by atoms with Gasteiger partial charge in [-0.2, -0.15) is 10.4 Å². The number of carbonyl (C=O) groups is 1. The van der Waals surface area contributed by atoms with E-state index in [0.717, 1.165) is 0 Å². The van der Waals surface area contributed by atoms with Crippen molar-refractivity contribution >= 4 is 17.7 Å². The first-order valence-electron chi connectivity index (χ1n) is 4.86. The lowest BCUT2D eigenvalue weighted by Crippen LogP contribution is -2.28. The van der Waals surface area contributed by atoms with E-state index in [9.17, 15) is 4.79 Å². The molecule has 0 saturated heterocycles. The Bertz CT molecular complexity index is 557. The first-order chi connectivity index (χ1) is 8.26. The van der Waals surface area contributed by atoms with E-state index in [4.69, 9.17) is 10.4 Å². The predicted octanol–water partition coefficient (Wildman–Crippen LogP) is 0.0387. The minimum atomic E-state index is -0.629. The summed E-state index contributed by atoms with van der Waals surface area (Å²) in [6.07, 6.45) is 4.28. The Hall–Kier alpha value is -2.39. The zero-order valence-corrected chi connectivity index (χ0v) is 8.74.